The molecule has 1 heterocycles. The van der Waals surface area contributed by atoms with Crippen LogP contribution >= 0.6 is 23.1 Å². The molecule has 0 aliphatic heterocycles. The maximum Gasteiger partial charge on any atom is 0.224 e. The summed E-state index contributed by atoms with van der Waals surface area (Å²) in [4.78, 5) is 28.2. The molecule has 0 fully saturated rings. The van der Waals surface area contributed by atoms with E-state index in [4.69, 9.17) is 5.73 Å². The normalized spacial score (nSPS) is 10.4. The van der Waals surface area contributed by atoms with Gasteiger partial charge in [-0.05, 0) is 24.0 Å². The number of nitrogens with two attached hydrogens (primary N) is 1. The third-order valence-corrected chi connectivity index (χ3v) is 4.50. The fourth-order valence-electron chi connectivity index (χ4n) is 1.83. The Hall–Kier alpha value is -1.66. The average Bonchev–Trinajstić information content (AvgIpc) is 2.79. The summed E-state index contributed by atoms with van der Waals surface area (Å²) in [5.41, 5.74) is 6.68. The monoisotopic (exact) mass is 306 g/mol. The molecule has 104 valence electrons. The molecule has 0 radical (unpaired) electrons. The number of thiazole rings is 1. The molecular weight excluding hydrogens is 292 g/mol. The summed E-state index contributed by atoms with van der Waals surface area (Å²) in [6.45, 7) is 0. The van der Waals surface area contributed by atoms with Crippen LogP contribution in [0.15, 0.2) is 29.2 Å². The van der Waals surface area contributed by atoms with Gasteiger partial charge in [0.05, 0.1) is 6.42 Å². The van der Waals surface area contributed by atoms with Gasteiger partial charge in [0, 0.05) is 16.2 Å². The van der Waals surface area contributed by atoms with E-state index in [2.05, 4.69) is 11.1 Å². The van der Waals surface area contributed by atoms with E-state index in [1.807, 2.05) is 24.5 Å². The van der Waals surface area contributed by atoms with Crippen molar-refractivity contribution < 1.29 is 9.59 Å². The zero-order valence-corrected chi connectivity index (χ0v) is 12.6. The molecule has 0 saturated heterocycles. The maximum absolute atomic E-state index is 11.1. The fraction of sp³-hybridized carbons (Fsp3) is 0.214. The maximum atomic E-state index is 11.1. The van der Waals surface area contributed by atoms with Crippen LogP contribution in [-0.4, -0.2) is 23.4 Å². The molecule has 0 spiro atoms. The molecule has 0 atom stereocenters. The first-order valence-corrected chi connectivity index (χ1v) is 8.01. The SMILES string of the molecule is CSc1cccc(Cc2sc(CC(N)=O)nc2C=O)c1. The lowest BCUT2D eigenvalue weighted by molar-refractivity contribution is -0.117. The number of hydrogen-bond donors (Lipinski definition) is 1. The van der Waals surface area contributed by atoms with Crippen LogP contribution < -0.4 is 5.73 Å². The Bertz CT molecular complexity index is 638. The first-order chi connectivity index (χ1) is 9.62. The van der Waals surface area contributed by atoms with Crippen molar-refractivity contribution >= 4 is 35.3 Å². The lowest BCUT2D eigenvalue weighted by atomic mass is 10.1. The van der Waals surface area contributed by atoms with Gasteiger partial charge in [-0.25, -0.2) is 4.98 Å². The molecule has 1 aromatic carbocycles. The van der Waals surface area contributed by atoms with Crippen LogP contribution in [0.1, 0.15) is 25.9 Å². The second-order valence-electron chi connectivity index (χ2n) is 4.21. The Morgan fingerprint density at radius 3 is 2.95 bits per heavy atom. The molecule has 6 heteroatoms. The van der Waals surface area contributed by atoms with E-state index in [0.717, 1.165) is 16.7 Å². The molecule has 0 unspecified atom stereocenters. The Morgan fingerprint density at radius 2 is 2.30 bits per heavy atom. The molecule has 0 saturated carbocycles. The minimum Gasteiger partial charge on any atom is -0.369 e. The molecule has 4 nitrogen and oxygen atoms in total. The molecule has 1 aromatic heterocycles. The third-order valence-electron chi connectivity index (χ3n) is 2.71. The number of thioether (sulfide) groups is 1. The summed E-state index contributed by atoms with van der Waals surface area (Å²) in [6.07, 6.45) is 3.47. The van der Waals surface area contributed by atoms with E-state index in [0.29, 0.717) is 17.1 Å². The van der Waals surface area contributed by atoms with Crippen LogP contribution in [-0.2, 0) is 17.6 Å². The average molecular weight is 306 g/mol. The molecule has 0 aliphatic rings. The third kappa shape index (κ3) is 3.68. The minimum atomic E-state index is -0.438. The van der Waals surface area contributed by atoms with E-state index in [1.165, 1.54) is 16.2 Å². The largest absolute Gasteiger partial charge is 0.369 e. The number of amides is 1. The summed E-state index contributed by atoms with van der Waals surface area (Å²) >= 11 is 3.04. The van der Waals surface area contributed by atoms with Crippen LogP contribution in [0.3, 0.4) is 0 Å². The summed E-state index contributed by atoms with van der Waals surface area (Å²) in [5.74, 6) is -0.438. The molecule has 2 N–H and O–H groups in total. The van der Waals surface area contributed by atoms with Gasteiger partial charge in [-0.1, -0.05) is 12.1 Å². The lowest BCUT2D eigenvalue weighted by Crippen LogP contribution is -2.13. The van der Waals surface area contributed by atoms with Gasteiger partial charge in [0.25, 0.3) is 0 Å². The Balaban J connectivity index is 2.25. The van der Waals surface area contributed by atoms with Crippen molar-refractivity contribution in [1.82, 2.24) is 4.98 Å². The quantitative estimate of drug-likeness (QED) is 0.656. The van der Waals surface area contributed by atoms with Crippen molar-refractivity contribution in [3.8, 4) is 0 Å². The van der Waals surface area contributed by atoms with Crippen LogP contribution in [0.4, 0.5) is 0 Å². The van der Waals surface area contributed by atoms with Crippen LogP contribution in [0.2, 0.25) is 0 Å². The van der Waals surface area contributed by atoms with Crippen molar-refractivity contribution in [1.29, 1.82) is 0 Å². The molecular formula is C14H14N2O2S2. The number of carbonyl (C=O) groups excluding carboxylic acids is 2. The van der Waals surface area contributed by atoms with Crippen molar-refractivity contribution in [2.75, 3.05) is 6.26 Å². The number of aromatic nitrogens is 1. The number of nitrogens with zero attached hydrogens (tertiary/aromatic N) is 1. The van der Waals surface area contributed by atoms with E-state index in [1.54, 1.807) is 11.8 Å². The van der Waals surface area contributed by atoms with E-state index < -0.39 is 5.91 Å². The van der Waals surface area contributed by atoms with Crippen molar-refractivity contribution in [3.05, 3.63) is 45.4 Å². The van der Waals surface area contributed by atoms with Gasteiger partial charge in [0.15, 0.2) is 6.29 Å². The second-order valence-corrected chi connectivity index (χ2v) is 6.25. The minimum absolute atomic E-state index is 0.0797. The first-order valence-electron chi connectivity index (χ1n) is 5.97. The summed E-state index contributed by atoms with van der Waals surface area (Å²) in [5, 5.41) is 0.593. The Morgan fingerprint density at radius 1 is 1.50 bits per heavy atom. The number of hydrogen-bond acceptors (Lipinski definition) is 5. The van der Waals surface area contributed by atoms with Crippen molar-refractivity contribution in [3.63, 3.8) is 0 Å². The van der Waals surface area contributed by atoms with Gasteiger partial charge >= 0.3 is 0 Å². The van der Waals surface area contributed by atoms with Crippen molar-refractivity contribution in [2.45, 2.75) is 17.7 Å². The molecule has 2 rings (SSSR count). The predicted octanol–water partition coefficient (Wildman–Crippen LogP) is 2.30. The number of aldehydes is 1. The number of carbonyl (C=O) groups is 2. The number of benzene rings is 1. The van der Waals surface area contributed by atoms with Gasteiger partial charge in [-0.15, -0.1) is 23.1 Å². The van der Waals surface area contributed by atoms with Gasteiger partial charge < -0.3 is 5.73 Å². The molecule has 0 bridgehead atoms. The second kappa shape index (κ2) is 6.67. The smallest absolute Gasteiger partial charge is 0.224 e. The summed E-state index contributed by atoms with van der Waals surface area (Å²) in [6, 6.07) is 8.14. The van der Waals surface area contributed by atoms with Gasteiger partial charge in [-0.3, -0.25) is 9.59 Å². The molecule has 1 amide bonds. The van der Waals surface area contributed by atoms with Crippen LogP contribution in [0.25, 0.3) is 0 Å². The van der Waals surface area contributed by atoms with Crippen molar-refractivity contribution in [2.24, 2.45) is 5.73 Å². The first kappa shape index (κ1) is 14.7. The highest BCUT2D eigenvalue weighted by Crippen LogP contribution is 2.23. The van der Waals surface area contributed by atoms with Gasteiger partial charge in [0.2, 0.25) is 5.91 Å². The number of rotatable bonds is 6. The lowest BCUT2D eigenvalue weighted by Gasteiger charge is -2.02. The topological polar surface area (TPSA) is 73.1 Å². The van der Waals surface area contributed by atoms with Crippen LogP contribution in [0.5, 0.6) is 0 Å². The summed E-state index contributed by atoms with van der Waals surface area (Å²) in [7, 11) is 0. The highest BCUT2D eigenvalue weighted by Gasteiger charge is 2.12. The molecule has 0 aliphatic carbocycles. The Labute approximate surface area is 125 Å². The Kier molecular flexibility index (Phi) is 4.92. The summed E-state index contributed by atoms with van der Waals surface area (Å²) < 4.78 is 0. The highest BCUT2D eigenvalue weighted by atomic mass is 32.2. The fourth-order valence-corrected chi connectivity index (χ4v) is 3.39. The van der Waals surface area contributed by atoms with Gasteiger partial charge in [-0.2, -0.15) is 0 Å². The van der Waals surface area contributed by atoms with Gasteiger partial charge in [0.1, 0.15) is 10.7 Å². The van der Waals surface area contributed by atoms with Crippen LogP contribution in [0, 0.1) is 0 Å². The molecule has 2 aromatic rings. The van der Waals surface area contributed by atoms with E-state index in [-0.39, 0.29) is 6.42 Å². The number of primary amides is 1. The highest BCUT2D eigenvalue weighted by molar-refractivity contribution is 7.98. The molecule has 20 heavy (non-hydrogen) atoms. The predicted molar refractivity (Wildman–Crippen MR) is 81.4 cm³/mol. The standard InChI is InChI=1S/C14H14N2O2S2/c1-19-10-4-2-3-9(5-10)6-12-11(8-17)16-14(20-12)7-13(15)18/h2-5,8H,6-7H2,1H3,(H2,15,18). The zero-order valence-electron chi connectivity index (χ0n) is 11.0. The zero-order chi connectivity index (χ0) is 14.5. The van der Waals surface area contributed by atoms with E-state index >= 15 is 0 Å². The van der Waals surface area contributed by atoms with E-state index in [9.17, 15) is 9.59 Å².